The molecule has 33 heavy (non-hydrogen) atoms. The highest BCUT2D eigenvalue weighted by Gasteiger charge is 2.44. The van der Waals surface area contributed by atoms with E-state index >= 15 is 0 Å². The van der Waals surface area contributed by atoms with Gasteiger partial charge in [0.2, 0.25) is 5.91 Å². The van der Waals surface area contributed by atoms with Gasteiger partial charge in [0.05, 0.1) is 17.5 Å². The van der Waals surface area contributed by atoms with Gasteiger partial charge in [0, 0.05) is 31.5 Å². The van der Waals surface area contributed by atoms with Crippen LogP contribution in [-0.4, -0.2) is 63.9 Å². The Morgan fingerprint density at radius 2 is 1.76 bits per heavy atom. The number of benzene rings is 1. The lowest BCUT2D eigenvalue weighted by molar-refractivity contribution is -0.148. The molecule has 1 saturated heterocycles. The molecule has 2 aliphatic rings. The SMILES string of the molecule is CC(C)N1CCOc2ccccc2CCCCC2(CCN(C(=O)c3cncnc3)CC2)C1=O. The standard InChI is InChI=1S/C26H34N4O3/c1-20(2)30-15-16-33-23-9-4-3-7-21(23)8-5-6-10-26(25(30)32)11-13-29(14-12-26)24(31)22-17-27-19-28-18-22/h3-4,7,9,17-20H,5-6,8,10-16H2,1-2H3. The molecule has 4 rings (SSSR count). The maximum atomic E-state index is 13.9. The highest BCUT2D eigenvalue weighted by molar-refractivity contribution is 5.94. The van der Waals surface area contributed by atoms with Gasteiger partial charge in [-0.2, -0.15) is 0 Å². The molecule has 0 radical (unpaired) electrons. The maximum Gasteiger partial charge on any atom is 0.256 e. The Morgan fingerprint density at radius 1 is 1.03 bits per heavy atom. The number of nitrogens with zero attached hydrogens (tertiary/aromatic N) is 4. The molecule has 1 aromatic carbocycles. The Labute approximate surface area is 196 Å². The van der Waals surface area contributed by atoms with E-state index in [1.807, 2.05) is 21.9 Å². The van der Waals surface area contributed by atoms with E-state index in [4.69, 9.17) is 4.74 Å². The summed E-state index contributed by atoms with van der Waals surface area (Å²) < 4.78 is 6.10. The largest absolute Gasteiger partial charge is 0.491 e. The van der Waals surface area contributed by atoms with Crippen molar-refractivity contribution in [2.45, 2.75) is 58.4 Å². The summed E-state index contributed by atoms with van der Waals surface area (Å²) in [5.74, 6) is 1.09. The number of rotatable bonds is 2. The number of carbonyl (C=O) groups excluding carboxylic acids is 2. The Kier molecular flexibility index (Phi) is 7.26. The molecule has 3 heterocycles. The van der Waals surface area contributed by atoms with Crippen molar-refractivity contribution >= 4 is 11.8 Å². The molecule has 0 unspecified atom stereocenters. The van der Waals surface area contributed by atoms with Crippen LogP contribution in [0.25, 0.3) is 0 Å². The fourth-order valence-corrected chi connectivity index (χ4v) is 5.08. The second-order valence-electron chi connectivity index (χ2n) is 9.46. The molecule has 1 fully saturated rings. The lowest BCUT2D eigenvalue weighted by atomic mass is 9.72. The average molecular weight is 451 g/mol. The van der Waals surface area contributed by atoms with E-state index in [9.17, 15) is 9.59 Å². The van der Waals surface area contributed by atoms with Crippen molar-refractivity contribution in [1.29, 1.82) is 0 Å². The average Bonchev–Trinajstić information content (AvgIpc) is 2.84. The second kappa shape index (κ2) is 10.3. The fraction of sp³-hybridized carbons (Fsp3) is 0.538. The first kappa shape index (κ1) is 23.2. The number of aromatic nitrogens is 2. The Balaban J connectivity index is 1.51. The van der Waals surface area contributed by atoms with Gasteiger partial charge in [-0.15, -0.1) is 0 Å². The molecule has 0 N–H and O–H groups in total. The summed E-state index contributed by atoms with van der Waals surface area (Å²) >= 11 is 0. The Hall–Kier alpha value is -2.96. The molecule has 2 aliphatic heterocycles. The minimum absolute atomic E-state index is 0.0585. The van der Waals surface area contributed by atoms with Crippen molar-refractivity contribution in [3.8, 4) is 5.75 Å². The minimum Gasteiger partial charge on any atom is -0.491 e. The van der Waals surface area contributed by atoms with Gasteiger partial charge in [-0.25, -0.2) is 9.97 Å². The molecule has 0 bridgehead atoms. The number of ether oxygens (including phenoxy) is 1. The summed E-state index contributed by atoms with van der Waals surface area (Å²) in [6.45, 7) is 6.33. The van der Waals surface area contributed by atoms with Crippen LogP contribution in [0, 0.1) is 5.41 Å². The molecule has 0 aliphatic carbocycles. The summed E-state index contributed by atoms with van der Waals surface area (Å²) in [5, 5.41) is 0. The lowest BCUT2D eigenvalue weighted by Gasteiger charge is -2.44. The smallest absolute Gasteiger partial charge is 0.256 e. The molecule has 2 aromatic rings. The van der Waals surface area contributed by atoms with E-state index < -0.39 is 5.41 Å². The zero-order valence-corrected chi connectivity index (χ0v) is 19.7. The maximum absolute atomic E-state index is 13.9. The number of para-hydroxylation sites is 1. The number of fused-ring (bicyclic) bond motifs is 1. The molecule has 2 amide bonds. The number of aryl methyl sites for hydroxylation is 1. The van der Waals surface area contributed by atoms with E-state index in [2.05, 4.69) is 35.9 Å². The van der Waals surface area contributed by atoms with Crippen LogP contribution in [0.2, 0.25) is 0 Å². The fourth-order valence-electron chi connectivity index (χ4n) is 5.08. The topological polar surface area (TPSA) is 75.6 Å². The van der Waals surface area contributed by atoms with Gasteiger partial charge in [0.15, 0.2) is 0 Å². The summed E-state index contributed by atoms with van der Waals surface area (Å²) in [4.78, 5) is 38.6. The molecule has 0 saturated carbocycles. The number of carbonyl (C=O) groups is 2. The first-order valence-electron chi connectivity index (χ1n) is 12.1. The molecular formula is C26H34N4O3. The van der Waals surface area contributed by atoms with E-state index in [1.54, 1.807) is 12.4 Å². The predicted octanol–water partition coefficient (Wildman–Crippen LogP) is 3.74. The van der Waals surface area contributed by atoms with Gasteiger partial charge in [0.25, 0.3) is 5.91 Å². The van der Waals surface area contributed by atoms with Crippen LogP contribution in [0.1, 0.15) is 61.9 Å². The van der Waals surface area contributed by atoms with Crippen molar-refractivity contribution in [3.05, 3.63) is 54.1 Å². The van der Waals surface area contributed by atoms with E-state index in [0.717, 1.165) is 31.4 Å². The number of likely N-dealkylation sites (tertiary alicyclic amines) is 1. The normalized spacial score (nSPS) is 19.4. The first-order valence-corrected chi connectivity index (χ1v) is 12.1. The highest BCUT2D eigenvalue weighted by atomic mass is 16.5. The highest BCUT2D eigenvalue weighted by Crippen LogP contribution is 2.40. The zero-order valence-electron chi connectivity index (χ0n) is 19.7. The third kappa shape index (κ3) is 5.18. The first-order chi connectivity index (χ1) is 16.0. The Bertz CT molecular complexity index is 955. The van der Waals surface area contributed by atoms with Gasteiger partial charge < -0.3 is 14.5 Å². The number of piperidine rings is 1. The van der Waals surface area contributed by atoms with Crippen molar-refractivity contribution < 1.29 is 14.3 Å². The Morgan fingerprint density at radius 3 is 2.48 bits per heavy atom. The molecule has 176 valence electrons. The third-order valence-electron chi connectivity index (χ3n) is 7.07. The van der Waals surface area contributed by atoms with Gasteiger partial charge in [0.1, 0.15) is 18.7 Å². The monoisotopic (exact) mass is 450 g/mol. The third-order valence-corrected chi connectivity index (χ3v) is 7.07. The van der Waals surface area contributed by atoms with Crippen LogP contribution >= 0.6 is 0 Å². The lowest BCUT2D eigenvalue weighted by Crippen LogP contribution is -2.53. The van der Waals surface area contributed by atoms with Crippen LogP contribution in [0.15, 0.2) is 43.0 Å². The summed E-state index contributed by atoms with van der Waals surface area (Å²) in [6.07, 6.45) is 9.71. The summed E-state index contributed by atoms with van der Waals surface area (Å²) in [7, 11) is 0. The summed E-state index contributed by atoms with van der Waals surface area (Å²) in [5.41, 5.74) is 1.31. The van der Waals surface area contributed by atoms with Crippen LogP contribution in [-0.2, 0) is 11.2 Å². The van der Waals surface area contributed by atoms with E-state index in [1.165, 1.54) is 11.9 Å². The van der Waals surface area contributed by atoms with Crippen molar-refractivity contribution in [2.75, 3.05) is 26.2 Å². The van der Waals surface area contributed by atoms with E-state index in [-0.39, 0.29) is 17.9 Å². The number of amides is 2. The quantitative estimate of drug-likeness (QED) is 0.697. The van der Waals surface area contributed by atoms with Crippen molar-refractivity contribution in [1.82, 2.24) is 19.8 Å². The van der Waals surface area contributed by atoms with Crippen molar-refractivity contribution in [3.63, 3.8) is 0 Å². The zero-order chi connectivity index (χ0) is 23.3. The summed E-state index contributed by atoms with van der Waals surface area (Å²) in [6, 6.07) is 8.32. The van der Waals surface area contributed by atoms with Gasteiger partial charge >= 0.3 is 0 Å². The van der Waals surface area contributed by atoms with Crippen LogP contribution in [0.4, 0.5) is 0 Å². The van der Waals surface area contributed by atoms with Crippen LogP contribution in [0.3, 0.4) is 0 Å². The predicted molar refractivity (Wildman–Crippen MR) is 126 cm³/mol. The molecule has 0 atom stereocenters. The molecule has 7 nitrogen and oxygen atoms in total. The van der Waals surface area contributed by atoms with Gasteiger partial charge in [-0.3, -0.25) is 9.59 Å². The number of hydrogen-bond donors (Lipinski definition) is 0. The minimum atomic E-state index is -0.424. The molecule has 1 aromatic heterocycles. The molecule has 1 spiro atoms. The van der Waals surface area contributed by atoms with E-state index in [0.29, 0.717) is 44.6 Å². The van der Waals surface area contributed by atoms with Gasteiger partial charge in [-0.1, -0.05) is 24.6 Å². The van der Waals surface area contributed by atoms with Gasteiger partial charge in [-0.05, 0) is 57.6 Å². The molecular weight excluding hydrogens is 416 g/mol. The van der Waals surface area contributed by atoms with Crippen molar-refractivity contribution in [2.24, 2.45) is 5.41 Å². The number of hydrogen-bond acceptors (Lipinski definition) is 5. The van der Waals surface area contributed by atoms with Crippen LogP contribution in [0.5, 0.6) is 5.75 Å². The molecule has 7 heteroatoms. The second-order valence-corrected chi connectivity index (χ2v) is 9.46. The van der Waals surface area contributed by atoms with Crippen LogP contribution < -0.4 is 4.74 Å².